The molecule has 0 radical (unpaired) electrons. The maximum absolute atomic E-state index is 6.55. The van der Waals surface area contributed by atoms with Crippen molar-refractivity contribution in [2.75, 3.05) is 0 Å². The number of nitrogens with two attached hydrogens (primary N) is 1. The lowest BCUT2D eigenvalue weighted by Gasteiger charge is -2.26. The summed E-state index contributed by atoms with van der Waals surface area (Å²) in [6.07, 6.45) is 4.50. The van der Waals surface area contributed by atoms with Gasteiger partial charge in [0, 0.05) is 11.1 Å². The van der Waals surface area contributed by atoms with Crippen LogP contribution in [0.1, 0.15) is 31.2 Å². The minimum Gasteiger partial charge on any atom is -0.457 e. The van der Waals surface area contributed by atoms with Crippen molar-refractivity contribution in [2.45, 2.75) is 31.2 Å². The van der Waals surface area contributed by atoms with E-state index in [2.05, 4.69) is 6.07 Å². The van der Waals surface area contributed by atoms with Gasteiger partial charge in [-0.05, 0) is 31.0 Å². The molecule has 98 valence electrons. The van der Waals surface area contributed by atoms with Crippen molar-refractivity contribution in [3.8, 4) is 11.5 Å². The van der Waals surface area contributed by atoms with Gasteiger partial charge in [-0.1, -0.05) is 49.2 Å². The molecule has 19 heavy (non-hydrogen) atoms. The van der Waals surface area contributed by atoms with E-state index in [1.54, 1.807) is 0 Å². The zero-order chi connectivity index (χ0) is 13.1. The zero-order valence-corrected chi connectivity index (χ0v) is 11.0. The summed E-state index contributed by atoms with van der Waals surface area (Å²) in [5.41, 5.74) is 7.47. The van der Waals surface area contributed by atoms with E-state index < -0.39 is 0 Å². The first-order chi connectivity index (χ1) is 9.28. The molecule has 3 rings (SSSR count). The van der Waals surface area contributed by atoms with Crippen molar-refractivity contribution >= 4 is 0 Å². The molecule has 0 spiro atoms. The van der Waals surface area contributed by atoms with Crippen LogP contribution < -0.4 is 10.5 Å². The highest BCUT2D eigenvalue weighted by atomic mass is 16.5. The molecule has 2 aromatic carbocycles. The van der Waals surface area contributed by atoms with Crippen molar-refractivity contribution in [3.63, 3.8) is 0 Å². The van der Waals surface area contributed by atoms with Gasteiger partial charge >= 0.3 is 0 Å². The Bertz CT molecular complexity index is 544. The summed E-state index contributed by atoms with van der Waals surface area (Å²) >= 11 is 0. The van der Waals surface area contributed by atoms with Crippen LogP contribution in [0, 0.1) is 0 Å². The lowest BCUT2D eigenvalue weighted by Crippen LogP contribution is -2.33. The Morgan fingerprint density at radius 3 is 2.21 bits per heavy atom. The predicted octanol–water partition coefficient (Wildman–Crippen LogP) is 4.21. The maximum atomic E-state index is 6.55. The van der Waals surface area contributed by atoms with Crippen LogP contribution in [0.15, 0.2) is 54.6 Å². The van der Waals surface area contributed by atoms with E-state index in [0.29, 0.717) is 0 Å². The van der Waals surface area contributed by atoms with E-state index >= 15 is 0 Å². The number of hydrogen-bond donors (Lipinski definition) is 1. The van der Waals surface area contributed by atoms with Gasteiger partial charge in [0.25, 0.3) is 0 Å². The Morgan fingerprint density at radius 2 is 1.47 bits per heavy atom. The van der Waals surface area contributed by atoms with E-state index in [1.165, 1.54) is 12.8 Å². The third-order valence-electron chi connectivity index (χ3n) is 3.89. The highest BCUT2D eigenvalue weighted by Gasteiger charge is 2.33. The second-order valence-electron chi connectivity index (χ2n) is 5.27. The third kappa shape index (κ3) is 2.49. The van der Waals surface area contributed by atoms with Gasteiger partial charge in [0.1, 0.15) is 11.5 Å². The molecule has 0 saturated heterocycles. The molecule has 0 aromatic heterocycles. The molecule has 0 amide bonds. The largest absolute Gasteiger partial charge is 0.457 e. The summed E-state index contributed by atoms with van der Waals surface area (Å²) in [6, 6.07) is 18.0. The third-order valence-corrected chi connectivity index (χ3v) is 3.89. The SMILES string of the molecule is NC1(c2ccccc2Oc2ccccc2)CCCC1. The molecule has 0 aliphatic heterocycles. The van der Waals surface area contributed by atoms with Crippen LogP contribution in [-0.2, 0) is 5.54 Å². The Labute approximate surface area is 114 Å². The fraction of sp³-hybridized carbons (Fsp3) is 0.294. The van der Waals surface area contributed by atoms with Gasteiger partial charge < -0.3 is 10.5 Å². The quantitative estimate of drug-likeness (QED) is 0.889. The monoisotopic (exact) mass is 253 g/mol. The van der Waals surface area contributed by atoms with Gasteiger partial charge in [-0.25, -0.2) is 0 Å². The van der Waals surface area contributed by atoms with Gasteiger partial charge in [0.2, 0.25) is 0 Å². The molecule has 0 atom stereocenters. The standard InChI is InChI=1S/C17H19NO/c18-17(12-6-7-13-17)15-10-4-5-11-16(15)19-14-8-2-1-3-9-14/h1-5,8-11H,6-7,12-13,18H2. The molecule has 0 bridgehead atoms. The van der Waals surface area contributed by atoms with Crippen LogP contribution in [0.3, 0.4) is 0 Å². The molecule has 0 unspecified atom stereocenters. The predicted molar refractivity (Wildman–Crippen MR) is 77.3 cm³/mol. The highest BCUT2D eigenvalue weighted by molar-refractivity contribution is 5.42. The number of rotatable bonds is 3. The summed E-state index contributed by atoms with van der Waals surface area (Å²) in [5.74, 6) is 1.75. The Morgan fingerprint density at radius 1 is 0.842 bits per heavy atom. The van der Waals surface area contributed by atoms with E-state index in [-0.39, 0.29) is 5.54 Å². The normalized spacial score (nSPS) is 17.3. The molecular weight excluding hydrogens is 234 g/mol. The Balaban J connectivity index is 1.94. The molecule has 2 aromatic rings. The van der Waals surface area contributed by atoms with Crippen molar-refractivity contribution in [3.05, 3.63) is 60.2 Å². The number of benzene rings is 2. The van der Waals surface area contributed by atoms with Gasteiger partial charge in [-0.15, -0.1) is 0 Å². The number of para-hydroxylation sites is 2. The highest BCUT2D eigenvalue weighted by Crippen LogP contribution is 2.41. The van der Waals surface area contributed by atoms with Crippen LogP contribution in [-0.4, -0.2) is 0 Å². The maximum Gasteiger partial charge on any atom is 0.132 e. The van der Waals surface area contributed by atoms with Gasteiger partial charge in [0.05, 0.1) is 0 Å². The number of ether oxygens (including phenoxy) is 1. The van der Waals surface area contributed by atoms with Crippen LogP contribution in [0.5, 0.6) is 11.5 Å². The number of hydrogen-bond acceptors (Lipinski definition) is 2. The van der Waals surface area contributed by atoms with E-state index in [0.717, 1.165) is 29.9 Å². The van der Waals surface area contributed by atoms with Gasteiger partial charge in [-0.2, -0.15) is 0 Å². The van der Waals surface area contributed by atoms with Crippen molar-refractivity contribution in [2.24, 2.45) is 5.73 Å². The molecule has 2 N–H and O–H groups in total. The first kappa shape index (κ1) is 12.2. The summed E-state index contributed by atoms with van der Waals surface area (Å²) in [5, 5.41) is 0. The second-order valence-corrected chi connectivity index (χ2v) is 5.27. The van der Waals surface area contributed by atoms with Crippen LogP contribution in [0.2, 0.25) is 0 Å². The second kappa shape index (κ2) is 5.06. The van der Waals surface area contributed by atoms with Crippen LogP contribution >= 0.6 is 0 Å². The average molecular weight is 253 g/mol. The first-order valence-electron chi connectivity index (χ1n) is 6.89. The Kier molecular flexibility index (Phi) is 3.26. The van der Waals surface area contributed by atoms with Gasteiger partial charge in [0.15, 0.2) is 0 Å². The summed E-state index contributed by atoms with van der Waals surface area (Å²) < 4.78 is 6.01. The minimum absolute atomic E-state index is 0.217. The molecule has 1 fully saturated rings. The molecule has 0 heterocycles. The topological polar surface area (TPSA) is 35.2 Å². The smallest absolute Gasteiger partial charge is 0.132 e. The molecule has 1 aliphatic rings. The van der Waals surface area contributed by atoms with Crippen LogP contribution in [0.25, 0.3) is 0 Å². The molecular formula is C17H19NO. The minimum atomic E-state index is -0.217. The lowest BCUT2D eigenvalue weighted by atomic mass is 9.89. The fourth-order valence-corrected chi connectivity index (χ4v) is 2.86. The lowest BCUT2D eigenvalue weighted by molar-refractivity contribution is 0.416. The molecule has 2 nitrogen and oxygen atoms in total. The molecule has 1 aliphatic carbocycles. The van der Waals surface area contributed by atoms with Crippen molar-refractivity contribution in [1.82, 2.24) is 0 Å². The van der Waals surface area contributed by atoms with E-state index in [1.807, 2.05) is 48.5 Å². The summed E-state index contributed by atoms with van der Waals surface area (Å²) in [7, 11) is 0. The summed E-state index contributed by atoms with van der Waals surface area (Å²) in [4.78, 5) is 0. The zero-order valence-electron chi connectivity index (χ0n) is 11.0. The Hall–Kier alpha value is -1.80. The average Bonchev–Trinajstić information content (AvgIpc) is 2.88. The van der Waals surface area contributed by atoms with Crippen molar-refractivity contribution < 1.29 is 4.74 Å². The van der Waals surface area contributed by atoms with Crippen LogP contribution in [0.4, 0.5) is 0 Å². The molecule has 1 saturated carbocycles. The van der Waals surface area contributed by atoms with Gasteiger partial charge in [-0.3, -0.25) is 0 Å². The van der Waals surface area contributed by atoms with E-state index in [9.17, 15) is 0 Å². The first-order valence-corrected chi connectivity index (χ1v) is 6.89. The van der Waals surface area contributed by atoms with Crippen molar-refractivity contribution in [1.29, 1.82) is 0 Å². The molecule has 2 heteroatoms. The fourth-order valence-electron chi connectivity index (χ4n) is 2.86. The van der Waals surface area contributed by atoms with E-state index in [4.69, 9.17) is 10.5 Å². The summed E-state index contributed by atoms with van der Waals surface area (Å²) in [6.45, 7) is 0.